The minimum absolute atomic E-state index is 0.00110. The molecule has 38 heavy (non-hydrogen) atoms. The van der Waals surface area contributed by atoms with Crippen LogP contribution >= 0.6 is 11.3 Å². The van der Waals surface area contributed by atoms with E-state index in [-0.39, 0.29) is 23.0 Å². The van der Waals surface area contributed by atoms with Crippen molar-refractivity contribution in [3.63, 3.8) is 0 Å². The number of rotatable bonds is 12. The summed E-state index contributed by atoms with van der Waals surface area (Å²) in [5.74, 6) is -0.888. The van der Waals surface area contributed by atoms with Gasteiger partial charge in [0.15, 0.2) is 0 Å². The van der Waals surface area contributed by atoms with Crippen LogP contribution in [0.25, 0.3) is 5.57 Å². The second-order valence-corrected chi connectivity index (χ2v) is 17.7. The number of benzene rings is 1. The van der Waals surface area contributed by atoms with Gasteiger partial charge < -0.3 is 14.0 Å². The molecule has 0 aliphatic rings. The lowest BCUT2D eigenvalue weighted by Crippen LogP contribution is -2.31. The molecule has 0 bridgehead atoms. The maximum atomic E-state index is 11.2. The summed E-state index contributed by atoms with van der Waals surface area (Å²) in [6.07, 6.45) is 3.85. The molecule has 0 saturated heterocycles. The van der Waals surface area contributed by atoms with Crippen molar-refractivity contribution >= 4 is 41.0 Å². The predicted octanol–water partition coefficient (Wildman–Crippen LogP) is 9.12. The van der Waals surface area contributed by atoms with Gasteiger partial charge in [-0.3, -0.25) is 0 Å². The average molecular weight is 573 g/mol. The molecule has 0 aliphatic heterocycles. The SMILES string of the molecule is CCC(=CC(=O)O)c1cc(CCc2ccc(C(O[Si](C)C)C(C)(C)C)c(C(O[Si](C)C)C(C)(C)C)c2)cs1. The minimum atomic E-state index is -0.926. The Morgan fingerprint density at radius 2 is 1.42 bits per heavy atom. The van der Waals surface area contributed by atoms with Gasteiger partial charge in [0.25, 0.3) is 0 Å². The molecule has 2 rings (SSSR count). The standard InChI is InChI=1S/C31H48O4SSi2/c1-12-23(19-27(32)33)26-18-22(20-36-26)14-13-21-15-16-24(28(30(2,3)4)34-37(8)9)25(17-21)29(31(5,6)7)35-38(10)11/h15-20,28-29H,12-14H2,1-11H3,(H,32,33). The van der Waals surface area contributed by atoms with Crippen LogP contribution in [0.5, 0.6) is 0 Å². The number of carboxylic acid groups (broad SMARTS) is 1. The highest BCUT2D eigenvalue weighted by Gasteiger charge is 2.36. The monoisotopic (exact) mass is 572 g/mol. The van der Waals surface area contributed by atoms with Crippen LogP contribution in [-0.2, 0) is 26.5 Å². The van der Waals surface area contributed by atoms with Crippen LogP contribution in [0.1, 0.15) is 94.2 Å². The molecule has 1 heterocycles. The summed E-state index contributed by atoms with van der Waals surface area (Å²) < 4.78 is 13.4. The van der Waals surface area contributed by atoms with Gasteiger partial charge >= 0.3 is 5.97 Å². The van der Waals surface area contributed by atoms with Crippen molar-refractivity contribution in [2.24, 2.45) is 10.8 Å². The molecule has 2 unspecified atom stereocenters. The number of thiophene rings is 1. The molecular formula is C31H48O4SSi2. The molecular weight excluding hydrogens is 525 g/mol. The molecule has 1 aromatic carbocycles. The lowest BCUT2D eigenvalue weighted by molar-refractivity contribution is -0.131. The third kappa shape index (κ3) is 9.59. The van der Waals surface area contributed by atoms with Crippen molar-refractivity contribution in [3.05, 3.63) is 62.9 Å². The molecule has 2 radical (unpaired) electrons. The van der Waals surface area contributed by atoms with E-state index in [1.807, 2.05) is 6.92 Å². The van der Waals surface area contributed by atoms with Gasteiger partial charge in [0, 0.05) is 11.0 Å². The second-order valence-electron chi connectivity index (χ2n) is 12.7. The summed E-state index contributed by atoms with van der Waals surface area (Å²) in [7, 11) is -1.83. The number of hydrogen-bond acceptors (Lipinski definition) is 4. The Labute approximate surface area is 238 Å². The number of carboxylic acids is 1. The maximum absolute atomic E-state index is 11.2. The summed E-state index contributed by atoms with van der Waals surface area (Å²) in [5, 5.41) is 11.4. The molecule has 2 aromatic rings. The van der Waals surface area contributed by atoms with Gasteiger partial charge in [0.2, 0.25) is 18.1 Å². The van der Waals surface area contributed by atoms with Crippen LogP contribution < -0.4 is 0 Å². The fourth-order valence-corrected chi connectivity index (χ4v) is 7.53. The van der Waals surface area contributed by atoms with Crippen molar-refractivity contribution in [1.29, 1.82) is 0 Å². The van der Waals surface area contributed by atoms with Gasteiger partial charge in [-0.25, -0.2) is 4.79 Å². The van der Waals surface area contributed by atoms with Crippen LogP contribution in [0.2, 0.25) is 26.2 Å². The van der Waals surface area contributed by atoms with E-state index in [0.717, 1.165) is 23.3 Å². The van der Waals surface area contributed by atoms with E-state index in [1.165, 1.54) is 28.3 Å². The third-order valence-electron chi connectivity index (χ3n) is 6.35. The smallest absolute Gasteiger partial charge is 0.328 e. The van der Waals surface area contributed by atoms with Gasteiger partial charge in [-0.15, -0.1) is 11.3 Å². The molecule has 210 valence electrons. The van der Waals surface area contributed by atoms with Gasteiger partial charge in [0.05, 0.1) is 12.2 Å². The van der Waals surface area contributed by atoms with E-state index in [2.05, 4.69) is 97.4 Å². The van der Waals surface area contributed by atoms with Crippen molar-refractivity contribution < 1.29 is 18.8 Å². The lowest BCUT2D eigenvalue weighted by atomic mass is 9.77. The van der Waals surface area contributed by atoms with E-state index in [0.29, 0.717) is 6.42 Å². The topological polar surface area (TPSA) is 55.8 Å². The summed E-state index contributed by atoms with van der Waals surface area (Å²) in [6, 6.07) is 9.06. The van der Waals surface area contributed by atoms with Crippen LogP contribution in [-0.4, -0.2) is 29.2 Å². The quantitative estimate of drug-likeness (QED) is 0.203. The Bertz CT molecular complexity index is 1090. The van der Waals surface area contributed by atoms with Gasteiger partial charge in [-0.2, -0.15) is 0 Å². The molecule has 7 heteroatoms. The first-order chi connectivity index (χ1) is 17.5. The van der Waals surface area contributed by atoms with Gasteiger partial charge in [-0.1, -0.05) is 66.7 Å². The van der Waals surface area contributed by atoms with E-state index < -0.39 is 24.0 Å². The van der Waals surface area contributed by atoms with Crippen LogP contribution in [0, 0.1) is 10.8 Å². The van der Waals surface area contributed by atoms with E-state index >= 15 is 0 Å². The Morgan fingerprint density at radius 1 is 0.895 bits per heavy atom. The highest BCUT2D eigenvalue weighted by Crippen LogP contribution is 2.45. The molecule has 0 amide bonds. The number of carbonyl (C=O) groups is 1. The van der Waals surface area contributed by atoms with Gasteiger partial charge in [-0.05, 0) is 95.6 Å². The third-order valence-corrected chi connectivity index (χ3v) is 8.82. The zero-order chi connectivity index (χ0) is 28.8. The number of aryl methyl sites for hydroxylation is 2. The highest BCUT2D eigenvalue weighted by atomic mass is 32.1. The summed E-state index contributed by atoms with van der Waals surface area (Å²) in [6.45, 7) is 24.4. The van der Waals surface area contributed by atoms with Crippen LogP contribution in [0.15, 0.2) is 35.7 Å². The number of allylic oxidation sites excluding steroid dienone is 1. The number of aliphatic carboxylic acids is 1. The second kappa shape index (κ2) is 13.7. The van der Waals surface area contributed by atoms with Crippen molar-refractivity contribution in [2.45, 2.75) is 106 Å². The molecule has 1 N–H and O–H groups in total. The fourth-order valence-electron chi connectivity index (χ4n) is 4.59. The Balaban J connectivity index is 2.49. The fraction of sp³-hybridized carbons (Fsp3) is 0.581. The van der Waals surface area contributed by atoms with E-state index in [9.17, 15) is 9.90 Å². The lowest BCUT2D eigenvalue weighted by Gasteiger charge is -2.39. The molecule has 0 fully saturated rings. The van der Waals surface area contributed by atoms with E-state index in [4.69, 9.17) is 8.85 Å². The minimum Gasteiger partial charge on any atom is -0.478 e. The Morgan fingerprint density at radius 3 is 1.89 bits per heavy atom. The van der Waals surface area contributed by atoms with Gasteiger partial charge in [0.1, 0.15) is 0 Å². The van der Waals surface area contributed by atoms with E-state index in [1.54, 1.807) is 11.3 Å². The first-order valence-electron chi connectivity index (χ1n) is 13.6. The first kappa shape index (κ1) is 32.7. The predicted molar refractivity (Wildman–Crippen MR) is 166 cm³/mol. The zero-order valence-corrected chi connectivity index (χ0v) is 28.1. The maximum Gasteiger partial charge on any atom is 0.328 e. The first-order valence-corrected chi connectivity index (χ1v) is 19.3. The summed E-state index contributed by atoms with van der Waals surface area (Å²) >= 11 is 1.63. The molecule has 1 aromatic heterocycles. The highest BCUT2D eigenvalue weighted by molar-refractivity contribution is 7.11. The Hall–Kier alpha value is -1.52. The molecule has 4 nitrogen and oxygen atoms in total. The average Bonchev–Trinajstić information content (AvgIpc) is 3.25. The summed E-state index contributed by atoms with van der Waals surface area (Å²) in [5.41, 5.74) is 5.82. The van der Waals surface area contributed by atoms with Crippen molar-refractivity contribution in [2.75, 3.05) is 0 Å². The largest absolute Gasteiger partial charge is 0.478 e. The molecule has 2 atom stereocenters. The van der Waals surface area contributed by atoms with Crippen molar-refractivity contribution in [3.8, 4) is 0 Å². The number of hydrogen-bond donors (Lipinski definition) is 1. The van der Waals surface area contributed by atoms with Crippen LogP contribution in [0.3, 0.4) is 0 Å². The molecule has 0 saturated carbocycles. The Kier molecular flexibility index (Phi) is 11.8. The summed E-state index contributed by atoms with van der Waals surface area (Å²) in [4.78, 5) is 12.2. The van der Waals surface area contributed by atoms with Crippen molar-refractivity contribution in [1.82, 2.24) is 0 Å². The molecule has 0 spiro atoms. The normalized spacial score (nSPS) is 14.8. The molecule has 0 aliphatic carbocycles. The zero-order valence-electron chi connectivity index (χ0n) is 25.3. The van der Waals surface area contributed by atoms with Crippen LogP contribution in [0.4, 0.5) is 0 Å².